The minimum Gasteiger partial charge on any atom is -0.385 e. The van der Waals surface area contributed by atoms with E-state index in [0.29, 0.717) is 18.1 Å². The minimum absolute atomic E-state index is 0. The number of nitrogens with zero attached hydrogens (tertiary/aromatic N) is 2. The van der Waals surface area contributed by atoms with E-state index in [-0.39, 0.29) is 24.0 Å². The molecule has 0 radical (unpaired) electrons. The van der Waals surface area contributed by atoms with Gasteiger partial charge in [0.2, 0.25) is 0 Å². The van der Waals surface area contributed by atoms with E-state index in [2.05, 4.69) is 27.6 Å². The van der Waals surface area contributed by atoms with Crippen molar-refractivity contribution in [2.75, 3.05) is 59.7 Å². The van der Waals surface area contributed by atoms with Crippen LogP contribution in [0.2, 0.25) is 0 Å². The standard InChI is InChI=1S/C18H32N4O2S.HI/c1-19-18(20-10-13-22(2)12-7-14-24-3)21-11-15-25(23)16-17-8-5-4-6-9-17;/h4-6,8-9H,7,10-16H2,1-3H3,(H2,19,20,21);1H. The smallest absolute Gasteiger partial charge is 0.191 e. The first-order valence-corrected chi connectivity index (χ1v) is 10.2. The normalized spacial score (nSPS) is 12.5. The Morgan fingerprint density at radius 2 is 1.88 bits per heavy atom. The number of nitrogens with one attached hydrogen (secondary N) is 2. The number of rotatable bonds is 12. The van der Waals surface area contributed by atoms with E-state index in [9.17, 15) is 4.21 Å². The van der Waals surface area contributed by atoms with Gasteiger partial charge < -0.3 is 20.3 Å². The van der Waals surface area contributed by atoms with Crippen molar-refractivity contribution < 1.29 is 8.95 Å². The molecule has 150 valence electrons. The Morgan fingerprint density at radius 3 is 2.54 bits per heavy atom. The number of halogens is 1. The molecule has 8 heteroatoms. The summed E-state index contributed by atoms with van der Waals surface area (Å²) in [5.41, 5.74) is 1.11. The molecule has 2 N–H and O–H groups in total. The van der Waals surface area contributed by atoms with Crippen LogP contribution >= 0.6 is 24.0 Å². The molecular weight excluding hydrogens is 463 g/mol. The molecule has 1 atom stereocenters. The molecule has 1 aromatic carbocycles. The van der Waals surface area contributed by atoms with E-state index in [1.54, 1.807) is 14.2 Å². The Hall–Kier alpha value is -0.710. The quantitative estimate of drug-likeness (QED) is 0.200. The fraction of sp³-hybridized carbons (Fsp3) is 0.611. The van der Waals surface area contributed by atoms with Gasteiger partial charge in [0.25, 0.3) is 0 Å². The van der Waals surface area contributed by atoms with Crippen LogP contribution in [0.15, 0.2) is 35.3 Å². The molecule has 1 aromatic rings. The van der Waals surface area contributed by atoms with Crippen LogP contribution in [-0.4, -0.2) is 74.8 Å². The van der Waals surface area contributed by atoms with Crippen LogP contribution in [0, 0.1) is 0 Å². The number of ether oxygens (including phenoxy) is 1. The molecule has 0 aromatic heterocycles. The molecule has 0 aliphatic heterocycles. The van der Waals surface area contributed by atoms with E-state index >= 15 is 0 Å². The summed E-state index contributed by atoms with van der Waals surface area (Å²) >= 11 is 0. The van der Waals surface area contributed by atoms with Crippen LogP contribution in [0.4, 0.5) is 0 Å². The van der Waals surface area contributed by atoms with Crippen molar-refractivity contribution in [1.29, 1.82) is 0 Å². The van der Waals surface area contributed by atoms with Crippen LogP contribution in [0.1, 0.15) is 12.0 Å². The maximum Gasteiger partial charge on any atom is 0.191 e. The van der Waals surface area contributed by atoms with Gasteiger partial charge in [0.05, 0.1) is 0 Å². The Balaban J connectivity index is 0.00000625. The number of likely N-dealkylation sites (N-methyl/N-ethyl adjacent to an activating group) is 1. The zero-order valence-electron chi connectivity index (χ0n) is 16.1. The highest BCUT2D eigenvalue weighted by Crippen LogP contribution is 2.02. The van der Waals surface area contributed by atoms with Gasteiger partial charge >= 0.3 is 0 Å². The summed E-state index contributed by atoms with van der Waals surface area (Å²) < 4.78 is 17.2. The summed E-state index contributed by atoms with van der Waals surface area (Å²) in [5, 5.41) is 6.50. The molecule has 6 nitrogen and oxygen atoms in total. The summed E-state index contributed by atoms with van der Waals surface area (Å²) in [6.45, 7) is 4.20. The predicted octanol–water partition coefficient (Wildman–Crippen LogP) is 1.69. The van der Waals surface area contributed by atoms with Gasteiger partial charge in [-0.15, -0.1) is 24.0 Å². The van der Waals surface area contributed by atoms with E-state index in [0.717, 1.165) is 44.2 Å². The molecule has 1 rings (SSSR count). The monoisotopic (exact) mass is 496 g/mol. The molecular formula is C18H33IN4O2S. The van der Waals surface area contributed by atoms with Gasteiger partial charge in [0.1, 0.15) is 0 Å². The van der Waals surface area contributed by atoms with Crippen molar-refractivity contribution in [2.24, 2.45) is 4.99 Å². The molecule has 26 heavy (non-hydrogen) atoms. The van der Waals surface area contributed by atoms with Crippen molar-refractivity contribution in [3.05, 3.63) is 35.9 Å². The highest BCUT2D eigenvalue weighted by molar-refractivity contribution is 14.0. The van der Waals surface area contributed by atoms with Crippen molar-refractivity contribution in [1.82, 2.24) is 15.5 Å². The molecule has 0 spiro atoms. The molecule has 0 aliphatic rings. The van der Waals surface area contributed by atoms with Crippen LogP contribution in [-0.2, 0) is 21.3 Å². The highest BCUT2D eigenvalue weighted by Gasteiger charge is 2.03. The molecule has 0 amide bonds. The second-order valence-corrected chi connectivity index (χ2v) is 7.43. The lowest BCUT2D eigenvalue weighted by atomic mass is 10.2. The second-order valence-electron chi connectivity index (χ2n) is 5.85. The van der Waals surface area contributed by atoms with Crippen LogP contribution in [0.3, 0.4) is 0 Å². The Kier molecular flexibility index (Phi) is 16.0. The van der Waals surface area contributed by atoms with Gasteiger partial charge in [-0.3, -0.25) is 9.20 Å². The lowest BCUT2D eigenvalue weighted by Gasteiger charge is -2.18. The van der Waals surface area contributed by atoms with Crippen molar-refractivity contribution in [2.45, 2.75) is 12.2 Å². The van der Waals surface area contributed by atoms with Crippen molar-refractivity contribution in [3.63, 3.8) is 0 Å². The van der Waals surface area contributed by atoms with Gasteiger partial charge in [-0.25, -0.2) is 0 Å². The molecule has 0 heterocycles. The van der Waals surface area contributed by atoms with Crippen LogP contribution in [0.5, 0.6) is 0 Å². The summed E-state index contributed by atoms with van der Waals surface area (Å²) in [6, 6.07) is 9.94. The number of methoxy groups -OCH3 is 1. The van der Waals surface area contributed by atoms with E-state index < -0.39 is 10.8 Å². The van der Waals surface area contributed by atoms with Gasteiger partial charge in [-0.1, -0.05) is 30.3 Å². The van der Waals surface area contributed by atoms with Gasteiger partial charge in [0, 0.05) is 69.2 Å². The third kappa shape index (κ3) is 12.6. The molecule has 1 unspecified atom stereocenters. The summed E-state index contributed by atoms with van der Waals surface area (Å²) in [5.74, 6) is 1.95. The number of hydrogen-bond acceptors (Lipinski definition) is 4. The van der Waals surface area contributed by atoms with Crippen molar-refractivity contribution >= 4 is 40.7 Å². The molecule has 0 bridgehead atoms. The molecule has 0 aliphatic carbocycles. The fourth-order valence-electron chi connectivity index (χ4n) is 2.29. The zero-order chi connectivity index (χ0) is 18.3. The molecule has 0 fully saturated rings. The fourth-order valence-corrected chi connectivity index (χ4v) is 3.33. The highest BCUT2D eigenvalue weighted by atomic mass is 127. The number of hydrogen-bond donors (Lipinski definition) is 2. The maximum atomic E-state index is 12.1. The van der Waals surface area contributed by atoms with Crippen LogP contribution < -0.4 is 10.6 Å². The lowest BCUT2D eigenvalue weighted by Crippen LogP contribution is -2.42. The summed E-state index contributed by atoms with van der Waals surface area (Å²) in [7, 11) is 4.70. The molecule has 0 saturated heterocycles. The Morgan fingerprint density at radius 1 is 1.19 bits per heavy atom. The van der Waals surface area contributed by atoms with Gasteiger partial charge in [-0.05, 0) is 19.0 Å². The molecule has 0 saturated carbocycles. The summed E-state index contributed by atoms with van der Waals surface area (Å²) in [6.07, 6.45) is 1.03. The van der Waals surface area contributed by atoms with Gasteiger partial charge in [0.15, 0.2) is 5.96 Å². The first-order valence-electron chi connectivity index (χ1n) is 8.66. The Bertz CT molecular complexity index is 517. The van der Waals surface area contributed by atoms with Crippen molar-refractivity contribution in [3.8, 4) is 0 Å². The van der Waals surface area contributed by atoms with Crippen LogP contribution in [0.25, 0.3) is 0 Å². The predicted molar refractivity (Wildman–Crippen MR) is 122 cm³/mol. The second kappa shape index (κ2) is 16.5. The topological polar surface area (TPSA) is 66.0 Å². The zero-order valence-corrected chi connectivity index (χ0v) is 19.2. The first-order chi connectivity index (χ1) is 12.2. The average molecular weight is 496 g/mol. The Labute approximate surface area is 177 Å². The summed E-state index contributed by atoms with van der Waals surface area (Å²) in [4.78, 5) is 6.46. The largest absolute Gasteiger partial charge is 0.385 e. The first kappa shape index (κ1) is 25.3. The number of benzene rings is 1. The van der Waals surface area contributed by atoms with E-state index in [1.807, 2.05) is 30.3 Å². The van der Waals surface area contributed by atoms with Gasteiger partial charge in [-0.2, -0.15) is 0 Å². The van der Waals surface area contributed by atoms with E-state index in [4.69, 9.17) is 4.74 Å². The lowest BCUT2D eigenvalue weighted by molar-refractivity contribution is 0.180. The number of aliphatic imine (C=N–C) groups is 1. The number of guanidine groups is 1. The third-order valence-electron chi connectivity index (χ3n) is 3.69. The minimum atomic E-state index is -0.873. The third-order valence-corrected chi connectivity index (χ3v) is 5.01. The maximum absolute atomic E-state index is 12.1. The average Bonchev–Trinajstić information content (AvgIpc) is 2.61. The van der Waals surface area contributed by atoms with E-state index in [1.165, 1.54) is 0 Å². The SMILES string of the molecule is CN=C(NCCN(C)CCCOC)NCCS(=O)Cc1ccccc1.I.